The van der Waals surface area contributed by atoms with Crippen LogP contribution in [0.5, 0.6) is 5.75 Å². The topological polar surface area (TPSA) is 102 Å². The van der Waals surface area contributed by atoms with Gasteiger partial charge in [0.2, 0.25) is 11.7 Å². The Balaban J connectivity index is 2.80. The van der Waals surface area contributed by atoms with Crippen LogP contribution in [0.2, 0.25) is 0 Å². The van der Waals surface area contributed by atoms with Crippen molar-refractivity contribution in [3.8, 4) is 5.75 Å². The Bertz CT molecular complexity index is 456. The first kappa shape index (κ1) is 15.0. The smallest absolute Gasteiger partial charge is 0.242 e. The fourth-order valence-electron chi connectivity index (χ4n) is 1.44. The van der Waals surface area contributed by atoms with E-state index in [9.17, 15) is 4.79 Å². The van der Waals surface area contributed by atoms with Gasteiger partial charge in [0.05, 0.1) is 7.11 Å². The lowest BCUT2D eigenvalue weighted by Gasteiger charge is -2.24. The average Bonchev–Trinajstić information content (AvgIpc) is 2.27. The van der Waals surface area contributed by atoms with Crippen molar-refractivity contribution in [3.05, 3.63) is 6.33 Å². The Morgan fingerprint density at radius 3 is 2.58 bits per heavy atom. The highest BCUT2D eigenvalue weighted by Crippen LogP contribution is 2.26. The Labute approximate surface area is 113 Å². The van der Waals surface area contributed by atoms with E-state index in [1.165, 1.54) is 13.4 Å². The standard InChI is InChI=1S/C12H21N5O2/c1-7(11(18)17-12(2,3)4)16-10-8(19-5)9(13)14-6-15-10/h6-7H,1-5H3,(H,17,18)(H3,13,14,15,16). The van der Waals surface area contributed by atoms with E-state index in [0.29, 0.717) is 11.6 Å². The molecule has 4 N–H and O–H groups in total. The van der Waals surface area contributed by atoms with E-state index in [2.05, 4.69) is 20.6 Å². The summed E-state index contributed by atoms with van der Waals surface area (Å²) >= 11 is 0. The molecule has 0 aliphatic carbocycles. The largest absolute Gasteiger partial charge is 0.490 e. The van der Waals surface area contributed by atoms with Gasteiger partial charge in [-0.05, 0) is 27.7 Å². The number of carbonyl (C=O) groups is 1. The van der Waals surface area contributed by atoms with Crippen molar-refractivity contribution in [2.75, 3.05) is 18.2 Å². The van der Waals surface area contributed by atoms with Crippen LogP contribution in [0.1, 0.15) is 27.7 Å². The number of hydrogen-bond acceptors (Lipinski definition) is 6. The third-order valence-corrected chi connectivity index (χ3v) is 2.28. The van der Waals surface area contributed by atoms with Crippen LogP contribution in [0.3, 0.4) is 0 Å². The number of methoxy groups -OCH3 is 1. The minimum Gasteiger partial charge on any atom is -0.490 e. The van der Waals surface area contributed by atoms with Gasteiger partial charge in [-0.15, -0.1) is 0 Å². The normalized spacial score (nSPS) is 12.7. The van der Waals surface area contributed by atoms with Crippen LogP contribution in [0.15, 0.2) is 6.33 Å². The first-order chi connectivity index (χ1) is 8.74. The van der Waals surface area contributed by atoms with Crippen LogP contribution >= 0.6 is 0 Å². The van der Waals surface area contributed by atoms with Crippen LogP contribution in [0, 0.1) is 0 Å². The molecular formula is C12H21N5O2. The Kier molecular flexibility index (Phi) is 4.52. The summed E-state index contributed by atoms with van der Waals surface area (Å²) in [7, 11) is 1.47. The number of nitrogens with zero attached hydrogens (tertiary/aromatic N) is 2. The van der Waals surface area contributed by atoms with Crippen molar-refractivity contribution >= 4 is 17.5 Å². The minimum absolute atomic E-state index is 0.133. The van der Waals surface area contributed by atoms with Crippen molar-refractivity contribution in [1.82, 2.24) is 15.3 Å². The molecule has 0 bridgehead atoms. The monoisotopic (exact) mass is 267 g/mol. The fraction of sp³-hybridized carbons (Fsp3) is 0.583. The zero-order valence-corrected chi connectivity index (χ0v) is 11.9. The van der Waals surface area contributed by atoms with Crippen LogP contribution in [0.4, 0.5) is 11.6 Å². The number of anilines is 2. The van der Waals surface area contributed by atoms with Gasteiger partial charge in [-0.1, -0.05) is 0 Å². The van der Waals surface area contributed by atoms with Gasteiger partial charge >= 0.3 is 0 Å². The summed E-state index contributed by atoms with van der Waals surface area (Å²) in [5.41, 5.74) is 5.38. The van der Waals surface area contributed by atoms with Gasteiger partial charge in [-0.3, -0.25) is 4.79 Å². The zero-order valence-electron chi connectivity index (χ0n) is 11.9. The van der Waals surface area contributed by atoms with E-state index in [-0.39, 0.29) is 17.3 Å². The lowest BCUT2D eigenvalue weighted by Crippen LogP contribution is -2.47. The molecule has 0 fully saturated rings. The molecule has 1 rings (SSSR count). The van der Waals surface area contributed by atoms with Crippen molar-refractivity contribution in [3.63, 3.8) is 0 Å². The molecule has 0 spiro atoms. The molecule has 0 saturated heterocycles. The zero-order chi connectivity index (χ0) is 14.6. The summed E-state index contributed by atoms with van der Waals surface area (Å²) in [6.07, 6.45) is 1.31. The van der Waals surface area contributed by atoms with Gasteiger partial charge in [0.1, 0.15) is 12.4 Å². The molecule has 1 atom stereocenters. The maximum Gasteiger partial charge on any atom is 0.242 e. The molecule has 1 aromatic heterocycles. The summed E-state index contributed by atoms with van der Waals surface area (Å²) in [4.78, 5) is 19.8. The second-order valence-electron chi connectivity index (χ2n) is 5.25. The van der Waals surface area contributed by atoms with Gasteiger partial charge in [0.25, 0.3) is 0 Å². The maximum absolute atomic E-state index is 12.0. The van der Waals surface area contributed by atoms with Crippen molar-refractivity contribution in [1.29, 1.82) is 0 Å². The van der Waals surface area contributed by atoms with Crippen LogP contribution in [0.25, 0.3) is 0 Å². The van der Waals surface area contributed by atoms with Gasteiger partial charge in [0, 0.05) is 5.54 Å². The molecule has 1 heterocycles. The quantitative estimate of drug-likeness (QED) is 0.745. The van der Waals surface area contributed by atoms with Gasteiger partial charge in [-0.25, -0.2) is 9.97 Å². The molecule has 7 heteroatoms. The molecular weight excluding hydrogens is 246 g/mol. The summed E-state index contributed by atoms with van der Waals surface area (Å²) in [5.74, 6) is 0.819. The molecule has 1 aromatic rings. The first-order valence-electron chi connectivity index (χ1n) is 5.97. The van der Waals surface area contributed by atoms with Crippen LogP contribution in [-0.2, 0) is 4.79 Å². The molecule has 1 amide bonds. The number of rotatable bonds is 4. The number of nitrogens with one attached hydrogen (secondary N) is 2. The van der Waals surface area contributed by atoms with Gasteiger partial charge in [-0.2, -0.15) is 0 Å². The third kappa shape index (κ3) is 4.27. The highest BCUT2D eigenvalue weighted by molar-refractivity contribution is 5.85. The average molecular weight is 267 g/mol. The second-order valence-corrected chi connectivity index (χ2v) is 5.25. The predicted molar refractivity (Wildman–Crippen MR) is 74.0 cm³/mol. The van der Waals surface area contributed by atoms with E-state index < -0.39 is 6.04 Å². The number of amides is 1. The molecule has 0 aliphatic rings. The van der Waals surface area contributed by atoms with Gasteiger partial charge in [0.15, 0.2) is 11.6 Å². The lowest BCUT2D eigenvalue weighted by atomic mass is 10.1. The number of nitrogens with two attached hydrogens (primary N) is 1. The van der Waals surface area contributed by atoms with Crippen LogP contribution in [-0.4, -0.2) is 34.6 Å². The SMILES string of the molecule is COc1c(N)ncnc1NC(C)C(=O)NC(C)(C)C. The number of hydrogen-bond donors (Lipinski definition) is 3. The van der Waals surface area contributed by atoms with Crippen molar-refractivity contribution in [2.24, 2.45) is 0 Å². The maximum atomic E-state index is 12.0. The third-order valence-electron chi connectivity index (χ3n) is 2.28. The molecule has 106 valence electrons. The number of carbonyl (C=O) groups excluding carboxylic acids is 1. The molecule has 0 saturated carbocycles. The number of nitrogen functional groups attached to an aromatic ring is 1. The van der Waals surface area contributed by atoms with E-state index in [1.54, 1.807) is 6.92 Å². The molecule has 0 aliphatic heterocycles. The highest BCUT2D eigenvalue weighted by atomic mass is 16.5. The van der Waals surface area contributed by atoms with E-state index in [1.807, 2.05) is 20.8 Å². The number of ether oxygens (including phenoxy) is 1. The molecule has 7 nitrogen and oxygen atoms in total. The lowest BCUT2D eigenvalue weighted by molar-refractivity contribution is -0.122. The first-order valence-corrected chi connectivity index (χ1v) is 5.97. The summed E-state index contributed by atoms with van der Waals surface area (Å²) in [5, 5.41) is 5.83. The Hall–Kier alpha value is -2.05. The van der Waals surface area contributed by atoms with E-state index in [0.717, 1.165) is 0 Å². The van der Waals surface area contributed by atoms with Gasteiger partial charge < -0.3 is 21.1 Å². The Morgan fingerprint density at radius 1 is 1.42 bits per heavy atom. The predicted octanol–water partition coefficient (Wildman–Crippen LogP) is 0.782. The summed E-state index contributed by atoms with van der Waals surface area (Å²) < 4.78 is 5.11. The minimum atomic E-state index is -0.470. The van der Waals surface area contributed by atoms with Crippen molar-refractivity contribution < 1.29 is 9.53 Å². The highest BCUT2D eigenvalue weighted by Gasteiger charge is 2.21. The Morgan fingerprint density at radius 2 is 2.05 bits per heavy atom. The second kappa shape index (κ2) is 5.73. The summed E-state index contributed by atoms with van der Waals surface area (Å²) in [6, 6.07) is -0.470. The number of aromatic nitrogens is 2. The molecule has 0 radical (unpaired) electrons. The van der Waals surface area contributed by atoms with E-state index >= 15 is 0 Å². The fourth-order valence-corrected chi connectivity index (χ4v) is 1.44. The van der Waals surface area contributed by atoms with Crippen LogP contribution < -0.4 is 21.1 Å². The molecule has 1 unspecified atom stereocenters. The summed E-state index contributed by atoms with van der Waals surface area (Å²) in [6.45, 7) is 7.49. The molecule has 0 aromatic carbocycles. The van der Waals surface area contributed by atoms with Crippen molar-refractivity contribution in [2.45, 2.75) is 39.3 Å². The molecule has 19 heavy (non-hydrogen) atoms. The van der Waals surface area contributed by atoms with E-state index in [4.69, 9.17) is 10.5 Å².